The summed E-state index contributed by atoms with van der Waals surface area (Å²) in [5.41, 5.74) is 0.900. The molecular formula is C20H27N5O2. The highest BCUT2D eigenvalue weighted by molar-refractivity contribution is 5.88. The highest BCUT2D eigenvalue weighted by Gasteiger charge is 2.31. The first-order valence-electron chi connectivity index (χ1n) is 9.55. The lowest BCUT2D eigenvalue weighted by molar-refractivity contribution is -0.143. The number of nitrogens with zero attached hydrogens (tertiary/aromatic N) is 4. The number of imidazole rings is 1. The molecule has 0 aromatic carbocycles. The van der Waals surface area contributed by atoms with Crippen LogP contribution in [0.4, 0.5) is 0 Å². The number of hydrogen-bond donors (Lipinski definition) is 1. The third-order valence-electron chi connectivity index (χ3n) is 4.80. The Morgan fingerprint density at radius 2 is 2.15 bits per heavy atom. The van der Waals surface area contributed by atoms with Crippen LogP contribution < -0.4 is 5.32 Å². The Morgan fingerprint density at radius 3 is 2.85 bits per heavy atom. The van der Waals surface area contributed by atoms with E-state index in [4.69, 9.17) is 0 Å². The van der Waals surface area contributed by atoms with Crippen LogP contribution in [-0.2, 0) is 16.1 Å². The van der Waals surface area contributed by atoms with Crippen LogP contribution in [0.5, 0.6) is 0 Å². The molecule has 2 aromatic rings. The van der Waals surface area contributed by atoms with Crippen molar-refractivity contribution in [1.82, 2.24) is 24.8 Å². The first-order chi connectivity index (χ1) is 13.1. The maximum absolute atomic E-state index is 13.0. The topological polar surface area (TPSA) is 80.1 Å². The maximum atomic E-state index is 13.0. The fourth-order valence-corrected chi connectivity index (χ4v) is 3.46. The smallest absolute Gasteiger partial charge is 0.243 e. The molecule has 1 aliphatic heterocycles. The van der Waals surface area contributed by atoms with Crippen LogP contribution in [0.15, 0.2) is 37.1 Å². The molecule has 1 fully saturated rings. The van der Waals surface area contributed by atoms with Crippen LogP contribution >= 0.6 is 0 Å². The van der Waals surface area contributed by atoms with Gasteiger partial charge in [0.1, 0.15) is 18.2 Å². The highest BCUT2D eigenvalue weighted by Crippen LogP contribution is 2.19. The Kier molecular flexibility index (Phi) is 6.21. The van der Waals surface area contributed by atoms with Gasteiger partial charge in [-0.3, -0.25) is 14.2 Å². The summed E-state index contributed by atoms with van der Waals surface area (Å²) in [6.45, 7) is 5.17. The molecule has 0 bridgehead atoms. The average molecular weight is 369 g/mol. The molecule has 7 nitrogen and oxygen atoms in total. The Labute approximate surface area is 159 Å². The summed E-state index contributed by atoms with van der Waals surface area (Å²) in [4.78, 5) is 35.5. The minimum atomic E-state index is -0.411. The van der Waals surface area contributed by atoms with Crippen LogP contribution in [0.1, 0.15) is 45.1 Å². The number of hydrogen-bond acceptors (Lipinski definition) is 4. The van der Waals surface area contributed by atoms with Crippen LogP contribution in [0.3, 0.4) is 0 Å². The van der Waals surface area contributed by atoms with Crippen molar-refractivity contribution in [2.24, 2.45) is 5.92 Å². The van der Waals surface area contributed by atoms with Crippen LogP contribution in [-0.4, -0.2) is 43.8 Å². The van der Waals surface area contributed by atoms with E-state index in [1.165, 1.54) is 0 Å². The summed E-state index contributed by atoms with van der Waals surface area (Å²) in [7, 11) is 0. The minimum absolute atomic E-state index is 0.0857. The molecule has 0 saturated carbocycles. The van der Waals surface area contributed by atoms with Crippen molar-refractivity contribution in [2.75, 3.05) is 6.54 Å². The minimum Gasteiger partial charge on any atom is -0.350 e. The Bertz CT molecular complexity index is 772. The van der Waals surface area contributed by atoms with Crippen molar-refractivity contribution in [1.29, 1.82) is 0 Å². The van der Waals surface area contributed by atoms with E-state index in [0.29, 0.717) is 31.8 Å². The number of carbonyl (C=O) groups excluding carboxylic acids is 2. The summed E-state index contributed by atoms with van der Waals surface area (Å²) >= 11 is 0. The van der Waals surface area contributed by atoms with Gasteiger partial charge in [-0.15, -0.1) is 0 Å². The number of pyridine rings is 1. The zero-order valence-corrected chi connectivity index (χ0v) is 16.0. The van der Waals surface area contributed by atoms with Gasteiger partial charge in [0, 0.05) is 43.7 Å². The lowest BCUT2D eigenvalue weighted by Gasteiger charge is -2.34. The fourth-order valence-electron chi connectivity index (χ4n) is 3.46. The summed E-state index contributed by atoms with van der Waals surface area (Å²) in [6, 6.07) is 3.37. The molecule has 3 heterocycles. The van der Waals surface area contributed by atoms with Gasteiger partial charge in [-0.2, -0.15) is 0 Å². The molecule has 1 unspecified atom stereocenters. The van der Waals surface area contributed by atoms with E-state index in [2.05, 4.69) is 29.1 Å². The van der Waals surface area contributed by atoms with Crippen molar-refractivity contribution < 1.29 is 9.59 Å². The zero-order chi connectivity index (χ0) is 19.2. The number of carbonyl (C=O) groups is 2. The number of amides is 2. The molecule has 1 N–H and O–H groups in total. The summed E-state index contributed by atoms with van der Waals surface area (Å²) in [5, 5.41) is 3.02. The second-order valence-corrected chi connectivity index (χ2v) is 7.36. The van der Waals surface area contributed by atoms with Crippen LogP contribution in [0.25, 0.3) is 5.82 Å². The molecule has 2 aromatic heterocycles. The van der Waals surface area contributed by atoms with Crippen LogP contribution in [0, 0.1) is 5.92 Å². The Morgan fingerprint density at radius 1 is 1.30 bits per heavy atom. The third-order valence-corrected chi connectivity index (χ3v) is 4.80. The second kappa shape index (κ2) is 8.79. The Hall–Kier alpha value is -2.70. The largest absolute Gasteiger partial charge is 0.350 e. The highest BCUT2D eigenvalue weighted by atomic mass is 16.2. The van der Waals surface area contributed by atoms with Crippen molar-refractivity contribution >= 4 is 11.8 Å². The lowest BCUT2D eigenvalue weighted by atomic mass is 9.98. The van der Waals surface area contributed by atoms with E-state index in [1.807, 2.05) is 22.9 Å². The first-order valence-corrected chi connectivity index (χ1v) is 9.55. The van der Waals surface area contributed by atoms with Gasteiger partial charge < -0.3 is 10.2 Å². The van der Waals surface area contributed by atoms with E-state index in [0.717, 1.165) is 24.2 Å². The predicted octanol–water partition coefficient (Wildman–Crippen LogP) is 2.31. The molecule has 27 heavy (non-hydrogen) atoms. The van der Waals surface area contributed by atoms with Gasteiger partial charge in [-0.1, -0.05) is 19.9 Å². The normalized spacial score (nSPS) is 15.8. The molecule has 0 radical (unpaired) electrons. The molecule has 1 atom stereocenters. The van der Waals surface area contributed by atoms with Gasteiger partial charge >= 0.3 is 0 Å². The first kappa shape index (κ1) is 19.1. The maximum Gasteiger partial charge on any atom is 0.243 e. The zero-order valence-electron chi connectivity index (χ0n) is 16.0. The van der Waals surface area contributed by atoms with Gasteiger partial charge in [0.2, 0.25) is 11.8 Å². The van der Waals surface area contributed by atoms with E-state index >= 15 is 0 Å². The van der Waals surface area contributed by atoms with Gasteiger partial charge in [-0.05, 0) is 31.2 Å². The monoisotopic (exact) mass is 369 g/mol. The quantitative estimate of drug-likeness (QED) is 0.812. The van der Waals surface area contributed by atoms with Crippen molar-refractivity contribution in [3.8, 4) is 5.82 Å². The molecule has 1 saturated heterocycles. The SMILES string of the molecule is CC(C)CC(C(=O)NCc1cccnc1-n1ccnc1)N1CCCCC1=O. The standard InChI is InChI=1S/C20H27N5O2/c1-15(2)12-17(25-10-4-3-7-18(25)26)20(27)23-13-16-6-5-8-22-19(16)24-11-9-21-14-24/h5-6,8-9,11,14-15,17H,3-4,7,10,12-13H2,1-2H3,(H,23,27). The summed E-state index contributed by atoms with van der Waals surface area (Å²) in [6.07, 6.45) is 9.99. The van der Waals surface area contributed by atoms with Gasteiger partial charge in [0.05, 0.1) is 0 Å². The summed E-state index contributed by atoms with van der Waals surface area (Å²) in [5.74, 6) is 1.06. The van der Waals surface area contributed by atoms with E-state index in [9.17, 15) is 9.59 Å². The van der Waals surface area contributed by atoms with Crippen LogP contribution in [0.2, 0.25) is 0 Å². The number of nitrogens with one attached hydrogen (secondary N) is 1. The number of likely N-dealkylation sites (tertiary alicyclic amines) is 1. The number of rotatable bonds is 7. The van der Waals surface area contributed by atoms with E-state index in [-0.39, 0.29) is 11.8 Å². The van der Waals surface area contributed by atoms with Gasteiger partial charge in [0.25, 0.3) is 0 Å². The average Bonchev–Trinajstić information content (AvgIpc) is 3.19. The Balaban J connectivity index is 1.72. The van der Waals surface area contributed by atoms with Gasteiger partial charge in [0.15, 0.2) is 0 Å². The lowest BCUT2D eigenvalue weighted by Crippen LogP contribution is -2.51. The molecule has 2 amide bonds. The van der Waals surface area contributed by atoms with Gasteiger partial charge in [-0.25, -0.2) is 9.97 Å². The molecule has 7 heteroatoms. The summed E-state index contributed by atoms with van der Waals surface area (Å²) < 4.78 is 1.82. The molecule has 3 rings (SSSR count). The van der Waals surface area contributed by atoms with Crippen molar-refractivity contribution in [3.63, 3.8) is 0 Å². The van der Waals surface area contributed by atoms with Crippen molar-refractivity contribution in [3.05, 3.63) is 42.6 Å². The fraction of sp³-hybridized carbons (Fsp3) is 0.500. The molecular weight excluding hydrogens is 342 g/mol. The number of aromatic nitrogens is 3. The van der Waals surface area contributed by atoms with E-state index in [1.54, 1.807) is 23.6 Å². The third kappa shape index (κ3) is 4.72. The second-order valence-electron chi connectivity index (χ2n) is 7.36. The van der Waals surface area contributed by atoms with E-state index < -0.39 is 6.04 Å². The molecule has 0 spiro atoms. The predicted molar refractivity (Wildman–Crippen MR) is 102 cm³/mol. The molecule has 144 valence electrons. The molecule has 0 aliphatic carbocycles. The van der Waals surface area contributed by atoms with Crippen molar-refractivity contribution in [2.45, 2.75) is 52.1 Å². The molecule has 1 aliphatic rings. The number of piperidine rings is 1.